The zero-order chi connectivity index (χ0) is 16.6. The van der Waals surface area contributed by atoms with Crippen LogP contribution in [0.5, 0.6) is 5.75 Å². The molecule has 2 heterocycles. The summed E-state index contributed by atoms with van der Waals surface area (Å²) in [5.74, 6) is -0.0417. The Kier molecular flexibility index (Phi) is 4.18. The van der Waals surface area contributed by atoms with Gasteiger partial charge in [0, 0.05) is 12.2 Å². The highest BCUT2D eigenvalue weighted by atomic mass is 32.2. The van der Waals surface area contributed by atoms with E-state index in [1.807, 2.05) is 6.92 Å². The van der Waals surface area contributed by atoms with Gasteiger partial charge in [0.25, 0.3) is 0 Å². The van der Waals surface area contributed by atoms with Gasteiger partial charge in [0.15, 0.2) is 0 Å². The van der Waals surface area contributed by atoms with Crippen molar-refractivity contribution < 1.29 is 23.1 Å². The number of carbonyl (C=O) groups excluding carboxylic acids is 2. The molecule has 0 aliphatic carbocycles. The van der Waals surface area contributed by atoms with Crippen molar-refractivity contribution in [1.82, 2.24) is 4.90 Å². The third-order valence-electron chi connectivity index (χ3n) is 4.11. The molecule has 0 unspecified atom stereocenters. The number of thioether (sulfide) groups is 1. The van der Waals surface area contributed by atoms with E-state index in [1.54, 1.807) is 28.8 Å². The van der Waals surface area contributed by atoms with Crippen LogP contribution in [0.1, 0.15) is 19.8 Å². The summed E-state index contributed by atoms with van der Waals surface area (Å²) >= 11 is 1.57. The number of para-hydroxylation sites is 2. The molecule has 0 saturated carbocycles. The monoisotopic (exact) mass is 342 g/mol. The summed E-state index contributed by atoms with van der Waals surface area (Å²) in [6.45, 7) is -1.03. The van der Waals surface area contributed by atoms with Gasteiger partial charge in [0.05, 0.1) is 10.6 Å². The van der Waals surface area contributed by atoms with Gasteiger partial charge in [0.2, 0.25) is 11.8 Å². The summed E-state index contributed by atoms with van der Waals surface area (Å²) in [5, 5.41) is 2.60. The van der Waals surface area contributed by atoms with Crippen LogP contribution >= 0.6 is 11.8 Å². The van der Waals surface area contributed by atoms with Crippen LogP contribution in [0.4, 0.5) is 14.5 Å². The summed E-state index contributed by atoms with van der Waals surface area (Å²) in [6.07, 6.45) is 1.14. The first-order chi connectivity index (χ1) is 10.9. The zero-order valence-corrected chi connectivity index (χ0v) is 13.2. The zero-order valence-electron chi connectivity index (χ0n) is 12.4. The second-order valence-electron chi connectivity index (χ2n) is 5.63. The fraction of sp³-hybridized carbons (Fsp3) is 0.467. The molecule has 2 aliphatic heterocycles. The highest BCUT2D eigenvalue weighted by molar-refractivity contribution is 8.01. The molecule has 2 atom stereocenters. The van der Waals surface area contributed by atoms with E-state index in [1.165, 1.54) is 12.1 Å². The normalized spacial score (nSPS) is 26.5. The van der Waals surface area contributed by atoms with Crippen molar-refractivity contribution in [3.05, 3.63) is 24.3 Å². The Labute approximate surface area is 136 Å². The Balaban J connectivity index is 1.77. The fourth-order valence-corrected chi connectivity index (χ4v) is 4.43. The maximum Gasteiger partial charge on any atom is 0.387 e. The van der Waals surface area contributed by atoms with E-state index < -0.39 is 12.7 Å². The van der Waals surface area contributed by atoms with Gasteiger partial charge in [-0.1, -0.05) is 12.1 Å². The number of anilines is 1. The number of carbonyl (C=O) groups is 2. The Bertz CT molecular complexity index is 643. The molecule has 23 heavy (non-hydrogen) atoms. The first-order valence-electron chi connectivity index (χ1n) is 7.21. The van der Waals surface area contributed by atoms with Crippen LogP contribution in [-0.2, 0) is 9.59 Å². The average molecular weight is 342 g/mol. The molecule has 0 aromatic heterocycles. The predicted molar refractivity (Wildman–Crippen MR) is 82.4 cm³/mol. The van der Waals surface area contributed by atoms with E-state index in [4.69, 9.17) is 0 Å². The molecule has 124 valence electrons. The predicted octanol–water partition coefficient (Wildman–Crippen LogP) is 2.68. The van der Waals surface area contributed by atoms with E-state index in [2.05, 4.69) is 10.1 Å². The summed E-state index contributed by atoms with van der Waals surface area (Å²) in [7, 11) is 0. The number of alkyl halides is 2. The van der Waals surface area contributed by atoms with Gasteiger partial charge < -0.3 is 15.0 Å². The molecular formula is C15H16F2N2O3S. The van der Waals surface area contributed by atoms with Crippen molar-refractivity contribution in [2.45, 2.75) is 37.3 Å². The average Bonchev–Trinajstić information content (AvgIpc) is 2.98. The van der Waals surface area contributed by atoms with Crippen LogP contribution in [0.3, 0.4) is 0 Å². The minimum absolute atomic E-state index is 0.0465. The highest BCUT2D eigenvalue weighted by Gasteiger charge is 2.52. The van der Waals surface area contributed by atoms with Crippen molar-refractivity contribution in [2.24, 2.45) is 0 Å². The van der Waals surface area contributed by atoms with E-state index in [0.717, 1.165) is 0 Å². The van der Waals surface area contributed by atoms with Crippen LogP contribution in [0.15, 0.2) is 24.3 Å². The lowest BCUT2D eigenvalue weighted by atomic mass is 10.2. The molecule has 1 aromatic rings. The number of nitrogens with one attached hydrogen (secondary N) is 1. The number of amides is 2. The molecule has 2 aliphatic rings. The van der Waals surface area contributed by atoms with Crippen molar-refractivity contribution in [2.75, 3.05) is 11.1 Å². The largest absolute Gasteiger partial charge is 0.433 e. The molecule has 0 bridgehead atoms. The van der Waals surface area contributed by atoms with E-state index >= 15 is 0 Å². The van der Waals surface area contributed by atoms with Gasteiger partial charge in [-0.3, -0.25) is 9.59 Å². The number of fused-ring (bicyclic) bond motifs is 1. The van der Waals surface area contributed by atoms with Crippen molar-refractivity contribution in [3.63, 3.8) is 0 Å². The van der Waals surface area contributed by atoms with Gasteiger partial charge >= 0.3 is 6.61 Å². The molecule has 2 fully saturated rings. The molecule has 0 spiro atoms. The van der Waals surface area contributed by atoms with Gasteiger partial charge in [0.1, 0.15) is 11.8 Å². The molecule has 1 N–H and O–H groups in total. The van der Waals surface area contributed by atoms with Crippen molar-refractivity contribution in [1.29, 1.82) is 0 Å². The fourth-order valence-electron chi connectivity index (χ4n) is 3.00. The number of rotatable bonds is 4. The number of halogens is 2. The first kappa shape index (κ1) is 16.0. The topological polar surface area (TPSA) is 58.6 Å². The minimum Gasteiger partial charge on any atom is -0.433 e. The van der Waals surface area contributed by atoms with Crippen LogP contribution < -0.4 is 10.1 Å². The summed E-state index contributed by atoms with van der Waals surface area (Å²) in [5.41, 5.74) is 0.169. The Morgan fingerprint density at radius 3 is 2.96 bits per heavy atom. The third-order valence-corrected chi connectivity index (χ3v) is 5.61. The quantitative estimate of drug-likeness (QED) is 0.914. The van der Waals surface area contributed by atoms with Crippen molar-refractivity contribution >= 4 is 29.3 Å². The molecular weight excluding hydrogens is 326 g/mol. The maximum absolute atomic E-state index is 12.5. The number of hydrogen-bond donors (Lipinski definition) is 1. The lowest BCUT2D eigenvalue weighted by Gasteiger charge is -2.30. The molecule has 3 rings (SSSR count). The summed E-state index contributed by atoms with van der Waals surface area (Å²) in [6, 6.07) is 5.40. The number of benzene rings is 1. The molecule has 5 nitrogen and oxygen atoms in total. The second kappa shape index (κ2) is 5.99. The van der Waals surface area contributed by atoms with Crippen LogP contribution in [-0.4, -0.2) is 40.0 Å². The number of nitrogens with zero attached hydrogens (tertiary/aromatic N) is 1. The number of hydrogen-bond acceptors (Lipinski definition) is 4. The Morgan fingerprint density at radius 2 is 2.22 bits per heavy atom. The second-order valence-corrected chi connectivity index (χ2v) is 7.13. The third kappa shape index (κ3) is 2.99. The highest BCUT2D eigenvalue weighted by Crippen LogP contribution is 2.47. The van der Waals surface area contributed by atoms with Crippen LogP contribution in [0.2, 0.25) is 0 Å². The minimum atomic E-state index is -2.97. The molecule has 2 saturated heterocycles. The molecule has 1 aromatic carbocycles. The lowest BCUT2D eigenvalue weighted by Crippen LogP contribution is -2.48. The van der Waals surface area contributed by atoms with Crippen LogP contribution in [0, 0.1) is 0 Å². The summed E-state index contributed by atoms with van der Waals surface area (Å²) in [4.78, 5) is 25.8. The first-order valence-corrected chi connectivity index (χ1v) is 8.20. The standard InChI is InChI=1S/C15H16F2N2O3S/c1-15-7-6-12(20)19(15)10(8-23-15)13(21)18-9-4-2-3-5-11(9)22-14(16)17/h2-5,10,14H,6-8H2,1H3,(H,18,21)/t10-,15-/m1/s1. The van der Waals surface area contributed by atoms with E-state index in [-0.39, 0.29) is 28.1 Å². The van der Waals surface area contributed by atoms with Gasteiger partial charge in [-0.2, -0.15) is 8.78 Å². The maximum atomic E-state index is 12.5. The molecule has 8 heteroatoms. The smallest absolute Gasteiger partial charge is 0.387 e. The lowest BCUT2D eigenvalue weighted by molar-refractivity contribution is -0.135. The molecule has 2 amide bonds. The molecule has 0 radical (unpaired) electrons. The van der Waals surface area contributed by atoms with Gasteiger partial charge in [-0.15, -0.1) is 11.8 Å². The van der Waals surface area contributed by atoms with E-state index in [9.17, 15) is 18.4 Å². The SMILES string of the molecule is C[C@@]12CCC(=O)N1[C@@H](C(=O)Nc1ccccc1OC(F)F)CS2. The van der Waals surface area contributed by atoms with Crippen LogP contribution in [0.25, 0.3) is 0 Å². The van der Waals surface area contributed by atoms with Gasteiger partial charge in [-0.05, 0) is 25.5 Å². The van der Waals surface area contributed by atoms with E-state index in [0.29, 0.717) is 18.6 Å². The van der Waals surface area contributed by atoms with Crippen molar-refractivity contribution in [3.8, 4) is 5.75 Å². The Hall–Kier alpha value is -1.83. The number of ether oxygens (including phenoxy) is 1. The Morgan fingerprint density at radius 1 is 1.48 bits per heavy atom. The summed E-state index contributed by atoms with van der Waals surface area (Å²) < 4.78 is 29.3. The van der Waals surface area contributed by atoms with Gasteiger partial charge in [-0.25, -0.2) is 0 Å².